The second-order valence-corrected chi connectivity index (χ2v) is 4.82. The lowest BCUT2D eigenvalue weighted by Gasteiger charge is -2.33. The first kappa shape index (κ1) is 14.9. The monoisotopic (exact) mass is 243 g/mol. The van der Waals surface area contributed by atoms with E-state index in [0.717, 1.165) is 45.3 Å². The predicted molar refractivity (Wildman–Crippen MR) is 73.1 cm³/mol. The fourth-order valence-electron chi connectivity index (χ4n) is 2.43. The molecule has 1 rings (SSSR count). The summed E-state index contributed by atoms with van der Waals surface area (Å²) in [7, 11) is 2.06. The van der Waals surface area contributed by atoms with Crippen LogP contribution in [-0.2, 0) is 0 Å². The second kappa shape index (κ2) is 8.83. The number of piperidine rings is 1. The van der Waals surface area contributed by atoms with Gasteiger partial charge in [0.25, 0.3) is 0 Å². The Morgan fingerprint density at radius 3 is 2.18 bits per heavy atom. The van der Waals surface area contributed by atoms with Crippen molar-refractivity contribution in [1.82, 2.24) is 15.1 Å². The summed E-state index contributed by atoms with van der Waals surface area (Å²) in [6.07, 6.45) is 2.54. The summed E-state index contributed by atoms with van der Waals surface area (Å²) in [5, 5.41) is 3.36. The fraction of sp³-hybridized carbons (Fsp3) is 1.00. The van der Waals surface area contributed by atoms with E-state index in [0.29, 0.717) is 0 Å². The molecule has 102 valence electrons. The molecule has 0 aliphatic carbocycles. The minimum atomic E-state index is 0.718. The van der Waals surface area contributed by atoms with Crippen LogP contribution in [0.2, 0.25) is 0 Å². The summed E-state index contributed by atoms with van der Waals surface area (Å²) >= 11 is 0. The van der Waals surface area contributed by atoms with Gasteiger partial charge in [-0.15, -0.1) is 0 Å². The van der Waals surface area contributed by atoms with Crippen LogP contribution in [0.1, 0.15) is 12.8 Å². The lowest BCUT2D eigenvalue weighted by Crippen LogP contribution is -2.45. The molecule has 0 radical (unpaired) electrons. The third-order valence-corrected chi connectivity index (χ3v) is 3.62. The summed E-state index contributed by atoms with van der Waals surface area (Å²) in [5.74, 6) is 0. The van der Waals surface area contributed by atoms with E-state index in [-0.39, 0.29) is 0 Å². The average Bonchev–Trinajstić information content (AvgIpc) is 2.37. The highest BCUT2D eigenvalue weighted by atomic mass is 15.2. The summed E-state index contributed by atoms with van der Waals surface area (Å²) in [6, 6.07) is 0.718. The zero-order chi connectivity index (χ0) is 12.5. The molecule has 1 heterocycles. The molecule has 5 heteroatoms. The standard InChI is InChI=1S/C12H29N5/c1-15-12-2-6-16(7-3-12)10-11-17(8-4-13)9-5-14/h12,15H,2-11,13-14H2,1H3. The number of nitrogens with one attached hydrogen (secondary N) is 1. The third-order valence-electron chi connectivity index (χ3n) is 3.62. The van der Waals surface area contributed by atoms with Gasteiger partial charge in [0.15, 0.2) is 0 Å². The second-order valence-electron chi connectivity index (χ2n) is 4.82. The van der Waals surface area contributed by atoms with Crippen molar-refractivity contribution in [3.63, 3.8) is 0 Å². The fourth-order valence-corrected chi connectivity index (χ4v) is 2.43. The van der Waals surface area contributed by atoms with Crippen LogP contribution in [0.15, 0.2) is 0 Å². The first-order chi connectivity index (χ1) is 8.30. The Morgan fingerprint density at radius 1 is 1.12 bits per heavy atom. The Hall–Kier alpha value is -0.200. The molecule has 0 bridgehead atoms. The maximum absolute atomic E-state index is 5.60. The van der Waals surface area contributed by atoms with Crippen molar-refractivity contribution in [2.75, 3.05) is 59.4 Å². The quantitative estimate of drug-likeness (QED) is 0.504. The molecule has 0 aromatic rings. The normalized spacial score (nSPS) is 19.1. The first-order valence-corrected chi connectivity index (χ1v) is 6.82. The van der Waals surface area contributed by atoms with E-state index in [2.05, 4.69) is 22.2 Å². The number of hydrogen-bond acceptors (Lipinski definition) is 5. The van der Waals surface area contributed by atoms with E-state index in [1.165, 1.54) is 25.9 Å². The van der Waals surface area contributed by atoms with Gasteiger partial charge in [0.1, 0.15) is 0 Å². The lowest BCUT2D eigenvalue weighted by atomic mass is 10.1. The molecule has 0 atom stereocenters. The number of rotatable bonds is 8. The molecule has 0 aromatic carbocycles. The number of nitrogens with two attached hydrogens (primary N) is 2. The predicted octanol–water partition coefficient (Wildman–Crippen LogP) is -1.11. The van der Waals surface area contributed by atoms with Gasteiger partial charge in [0.2, 0.25) is 0 Å². The molecule has 5 nitrogen and oxygen atoms in total. The van der Waals surface area contributed by atoms with Gasteiger partial charge in [0.05, 0.1) is 0 Å². The van der Waals surface area contributed by atoms with Gasteiger partial charge in [-0.3, -0.25) is 4.90 Å². The molecule has 0 saturated carbocycles. The lowest BCUT2D eigenvalue weighted by molar-refractivity contribution is 0.170. The van der Waals surface area contributed by atoms with Crippen molar-refractivity contribution >= 4 is 0 Å². The smallest absolute Gasteiger partial charge is 0.0110 e. The molecular weight excluding hydrogens is 214 g/mol. The molecule has 1 saturated heterocycles. The van der Waals surface area contributed by atoms with E-state index in [4.69, 9.17) is 11.5 Å². The van der Waals surface area contributed by atoms with Gasteiger partial charge in [-0.05, 0) is 33.0 Å². The topological polar surface area (TPSA) is 70.5 Å². The van der Waals surface area contributed by atoms with E-state index >= 15 is 0 Å². The Labute approximate surface area is 105 Å². The SMILES string of the molecule is CNC1CCN(CCN(CCN)CCN)CC1. The van der Waals surface area contributed by atoms with Gasteiger partial charge in [-0.2, -0.15) is 0 Å². The van der Waals surface area contributed by atoms with E-state index in [1.807, 2.05) is 0 Å². The summed E-state index contributed by atoms with van der Waals surface area (Å²) in [5.41, 5.74) is 11.2. The summed E-state index contributed by atoms with van der Waals surface area (Å²) in [6.45, 7) is 8.04. The molecule has 1 aliphatic rings. The zero-order valence-electron chi connectivity index (χ0n) is 11.2. The van der Waals surface area contributed by atoms with Crippen LogP contribution >= 0.6 is 0 Å². The Bertz CT molecular complexity index is 174. The highest BCUT2D eigenvalue weighted by Crippen LogP contribution is 2.09. The number of nitrogens with zero attached hydrogens (tertiary/aromatic N) is 2. The van der Waals surface area contributed by atoms with Crippen LogP contribution < -0.4 is 16.8 Å². The third kappa shape index (κ3) is 5.79. The van der Waals surface area contributed by atoms with Crippen LogP contribution in [0.5, 0.6) is 0 Å². The van der Waals surface area contributed by atoms with E-state index < -0.39 is 0 Å². The molecule has 5 N–H and O–H groups in total. The van der Waals surface area contributed by atoms with E-state index in [9.17, 15) is 0 Å². The maximum atomic E-state index is 5.60. The largest absolute Gasteiger partial charge is 0.329 e. The number of hydrogen-bond donors (Lipinski definition) is 3. The molecule has 0 unspecified atom stereocenters. The van der Waals surface area contributed by atoms with Crippen molar-refractivity contribution in [1.29, 1.82) is 0 Å². The highest BCUT2D eigenvalue weighted by Gasteiger charge is 2.17. The molecule has 1 aliphatic heterocycles. The minimum absolute atomic E-state index is 0.718. The summed E-state index contributed by atoms with van der Waals surface area (Å²) < 4.78 is 0. The van der Waals surface area contributed by atoms with Gasteiger partial charge in [-0.1, -0.05) is 0 Å². The van der Waals surface area contributed by atoms with Gasteiger partial charge in [-0.25, -0.2) is 0 Å². The highest BCUT2D eigenvalue weighted by molar-refractivity contribution is 4.76. The van der Waals surface area contributed by atoms with E-state index in [1.54, 1.807) is 0 Å². The molecule has 0 spiro atoms. The Balaban J connectivity index is 2.16. The van der Waals surface area contributed by atoms with Crippen LogP contribution in [0, 0.1) is 0 Å². The summed E-state index contributed by atoms with van der Waals surface area (Å²) in [4.78, 5) is 4.91. The molecule has 0 aromatic heterocycles. The van der Waals surface area contributed by atoms with Crippen LogP contribution in [0.3, 0.4) is 0 Å². The van der Waals surface area contributed by atoms with Crippen LogP contribution in [0.4, 0.5) is 0 Å². The van der Waals surface area contributed by atoms with Crippen LogP contribution in [0.25, 0.3) is 0 Å². The van der Waals surface area contributed by atoms with Crippen molar-refractivity contribution in [2.24, 2.45) is 11.5 Å². The Kier molecular flexibility index (Phi) is 7.72. The van der Waals surface area contributed by atoms with Crippen molar-refractivity contribution in [2.45, 2.75) is 18.9 Å². The minimum Gasteiger partial charge on any atom is -0.329 e. The first-order valence-electron chi connectivity index (χ1n) is 6.82. The van der Waals surface area contributed by atoms with Crippen LogP contribution in [-0.4, -0.2) is 75.2 Å². The molecule has 0 amide bonds. The van der Waals surface area contributed by atoms with Gasteiger partial charge >= 0.3 is 0 Å². The Morgan fingerprint density at radius 2 is 1.71 bits per heavy atom. The maximum Gasteiger partial charge on any atom is 0.0110 e. The van der Waals surface area contributed by atoms with Gasteiger partial charge < -0.3 is 21.7 Å². The molecule has 1 fully saturated rings. The van der Waals surface area contributed by atoms with Crippen molar-refractivity contribution in [3.05, 3.63) is 0 Å². The number of likely N-dealkylation sites (tertiary alicyclic amines) is 1. The zero-order valence-corrected chi connectivity index (χ0v) is 11.2. The van der Waals surface area contributed by atoms with Crippen molar-refractivity contribution in [3.8, 4) is 0 Å². The molecule has 17 heavy (non-hydrogen) atoms. The van der Waals surface area contributed by atoms with Crippen molar-refractivity contribution < 1.29 is 0 Å². The van der Waals surface area contributed by atoms with Gasteiger partial charge in [0, 0.05) is 45.3 Å². The molecular formula is C12H29N5. The average molecular weight is 243 g/mol.